The molecule has 6 heteroatoms. The lowest BCUT2D eigenvalue weighted by atomic mass is 10.4. The van der Waals surface area contributed by atoms with Crippen LogP contribution in [0.4, 0.5) is 0 Å². The monoisotopic (exact) mass is 222 g/mol. The number of hydrogen-bond acceptors (Lipinski definition) is 5. The van der Waals surface area contributed by atoms with Gasteiger partial charge in [-0.05, 0) is 6.92 Å². The SMILES string of the molecule is C=CCSc1nc2nc(C)cc(O)n2n1. The summed E-state index contributed by atoms with van der Waals surface area (Å²) in [4.78, 5) is 8.32. The molecule has 0 unspecified atom stereocenters. The molecule has 0 amide bonds. The molecule has 2 aromatic rings. The first-order chi connectivity index (χ1) is 7.20. The molecule has 15 heavy (non-hydrogen) atoms. The molecular formula is C9H10N4OS. The van der Waals surface area contributed by atoms with Crippen LogP contribution in [-0.4, -0.2) is 30.4 Å². The molecule has 0 bridgehead atoms. The van der Waals surface area contributed by atoms with Crippen molar-refractivity contribution in [1.82, 2.24) is 19.6 Å². The Balaban J connectivity index is 2.45. The number of aromatic nitrogens is 4. The van der Waals surface area contributed by atoms with Crippen molar-refractivity contribution in [3.63, 3.8) is 0 Å². The van der Waals surface area contributed by atoms with Crippen molar-refractivity contribution in [2.75, 3.05) is 5.75 Å². The van der Waals surface area contributed by atoms with Crippen molar-refractivity contribution in [1.29, 1.82) is 0 Å². The lowest BCUT2D eigenvalue weighted by Gasteiger charge is -1.95. The van der Waals surface area contributed by atoms with E-state index in [1.807, 2.05) is 0 Å². The van der Waals surface area contributed by atoms with Gasteiger partial charge in [0.15, 0.2) is 0 Å². The first-order valence-electron chi connectivity index (χ1n) is 4.38. The smallest absolute Gasteiger partial charge is 0.256 e. The maximum Gasteiger partial charge on any atom is 0.256 e. The Morgan fingerprint density at radius 1 is 1.60 bits per heavy atom. The largest absolute Gasteiger partial charge is 0.493 e. The van der Waals surface area contributed by atoms with Crippen LogP contribution in [0.15, 0.2) is 23.9 Å². The third kappa shape index (κ3) is 1.94. The van der Waals surface area contributed by atoms with Crippen LogP contribution in [0.25, 0.3) is 5.78 Å². The van der Waals surface area contributed by atoms with Crippen LogP contribution >= 0.6 is 11.8 Å². The van der Waals surface area contributed by atoms with Gasteiger partial charge in [-0.1, -0.05) is 17.8 Å². The molecule has 0 atom stereocenters. The van der Waals surface area contributed by atoms with Crippen LogP contribution in [-0.2, 0) is 0 Å². The van der Waals surface area contributed by atoms with Gasteiger partial charge in [0.05, 0.1) is 0 Å². The fourth-order valence-corrected chi connectivity index (χ4v) is 1.70. The van der Waals surface area contributed by atoms with E-state index in [0.717, 1.165) is 5.75 Å². The second kappa shape index (κ2) is 3.90. The van der Waals surface area contributed by atoms with Gasteiger partial charge in [0, 0.05) is 17.5 Å². The fourth-order valence-electron chi connectivity index (χ4n) is 1.14. The number of rotatable bonds is 3. The Hall–Kier alpha value is -1.56. The third-order valence-electron chi connectivity index (χ3n) is 1.73. The number of hydrogen-bond donors (Lipinski definition) is 1. The van der Waals surface area contributed by atoms with Gasteiger partial charge >= 0.3 is 0 Å². The summed E-state index contributed by atoms with van der Waals surface area (Å²) in [5.74, 6) is 1.20. The normalized spacial score (nSPS) is 10.7. The first-order valence-corrected chi connectivity index (χ1v) is 5.36. The van der Waals surface area contributed by atoms with Gasteiger partial charge in [-0.15, -0.1) is 11.7 Å². The molecule has 78 valence electrons. The predicted molar refractivity (Wildman–Crippen MR) is 58.1 cm³/mol. The van der Waals surface area contributed by atoms with E-state index in [1.165, 1.54) is 16.3 Å². The van der Waals surface area contributed by atoms with Crippen molar-refractivity contribution in [2.24, 2.45) is 0 Å². The number of aromatic hydroxyl groups is 1. The minimum absolute atomic E-state index is 0.0513. The van der Waals surface area contributed by atoms with Crippen molar-refractivity contribution in [3.8, 4) is 5.88 Å². The molecule has 0 aromatic carbocycles. The summed E-state index contributed by atoms with van der Waals surface area (Å²) in [6.45, 7) is 5.41. The summed E-state index contributed by atoms with van der Waals surface area (Å²) in [6.07, 6.45) is 1.77. The summed E-state index contributed by atoms with van der Waals surface area (Å²) in [5.41, 5.74) is 0.715. The van der Waals surface area contributed by atoms with Crippen LogP contribution in [0, 0.1) is 6.92 Å². The molecule has 5 nitrogen and oxygen atoms in total. The highest BCUT2D eigenvalue weighted by molar-refractivity contribution is 7.99. The fraction of sp³-hybridized carbons (Fsp3) is 0.222. The molecule has 0 saturated carbocycles. The van der Waals surface area contributed by atoms with Crippen LogP contribution in [0.1, 0.15) is 5.69 Å². The molecule has 0 aliphatic carbocycles. The number of thioether (sulfide) groups is 1. The quantitative estimate of drug-likeness (QED) is 0.628. The summed E-state index contributed by atoms with van der Waals surface area (Å²) in [5, 5.41) is 14.3. The lowest BCUT2D eigenvalue weighted by molar-refractivity contribution is 0.433. The van der Waals surface area contributed by atoms with Gasteiger partial charge in [0.25, 0.3) is 5.78 Å². The maximum atomic E-state index is 9.58. The minimum Gasteiger partial charge on any atom is -0.493 e. The van der Waals surface area contributed by atoms with E-state index < -0.39 is 0 Å². The summed E-state index contributed by atoms with van der Waals surface area (Å²) in [6, 6.07) is 1.55. The van der Waals surface area contributed by atoms with Crippen molar-refractivity contribution in [2.45, 2.75) is 12.1 Å². The average Bonchev–Trinajstić information content (AvgIpc) is 2.57. The van der Waals surface area contributed by atoms with Crippen molar-refractivity contribution in [3.05, 3.63) is 24.4 Å². The van der Waals surface area contributed by atoms with Crippen molar-refractivity contribution >= 4 is 17.5 Å². The molecule has 0 spiro atoms. The molecule has 1 N–H and O–H groups in total. The Kier molecular flexibility index (Phi) is 2.59. The number of fused-ring (bicyclic) bond motifs is 1. The molecular weight excluding hydrogens is 212 g/mol. The van der Waals surface area contributed by atoms with E-state index in [4.69, 9.17) is 0 Å². The number of nitrogens with zero attached hydrogens (tertiary/aromatic N) is 4. The lowest BCUT2D eigenvalue weighted by Crippen LogP contribution is -1.93. The molecule has 2 aromatic heterocycles. The minimum atomic E-state index is 0.0513. The van der Waals surface area contributed by atoms with Gasteiger partial charge in [-0.25, -0.2) is 4.98 Å². The van der Waals surface area contributed by atoms with Crippen LogP contribution in [0.3, 0.4) is 0 Å². The second-order valence-corrected chi connectivity index (χ2v) is 3.95. The predicted octanol–water partition coefficient (Wildman–Crippen LogP) is 1.42. The third-order valence-corrected chi connectivity index (χ3v) is 2.57. The molecule has 0 aliphatic heterocycles. The zero-order valence-electron chi connectivity index (χ0n) is 8.21. The van der Waals surface area contributed by atoms with Crippen LogP contribution in [0.5, 0.6) is 5.88 Å². The van der Waals surface area contributed by atoms with Gasteiger partial charge in [-0.3, -0.25) is 0 Å². The topological polar surface area (TPSA) is 63.3 Å². The second-order valence-electron chi connectivity index (χ2n) is 2.96. The first kappa shape index (κ1) is 9.97. The van der Waals surface area contributed by atoms with Gasteiger partial charge < -0.3 is 5.11 Å². The van der Waals surface area contributed by atoms with Gasteiger partial charge in [-0.2, -0.15) is 9.50 Å². The standard InChI is InChI=1S/C9H10N4OS/c1-3-4-15-9-11-8-10-6(2)5-7(14)13(8)12-9/h3,5,14H,1,4H2,2H3. The number of aryl methyl sites for hydroxylation is 1. The van der Waals surface area contributed by atoms with Crippen LogP contribution < -0.4 is 0 Å². The summed E-state index contributed by atoms with van der Waals surface area (Å²) < 4.78 is 1.32. The van der Waals surface area contributed by atoms with E-state index >= 15 is 0 Å². The van der Waals surface area contributed by atoms with Gasteiger partial charge in [0.1, 0.15) is 0 Å². The maximum absolute atomic E-state index is 9.58. The molecule has 0 radical (unpaired) electrons. The molecule has 2 rings (SSSR count). The molecule has 0 fully saturated rings. The van der Waals surface area contributed by atoms with E-state index in [-0.39, 0.29) is 5.88 Å². The van der Waals surface area contributed by atoms with E-state index in [0.29, 0.717) is 16.6 Å². The van der Waals surface area contributed by atoms with E-state index in [1.54, 1.807) is 19.1 Å². The van der Waals surface area contributed by atoms with Crippen LogP contribution in [0.2, 0.25) is 0 Å². The highest BCUT2D eigenvalue weighted by atomic mass is 32.2. The zero-order valence-corrected chi connectivity index (χ0v) is 9.03. The summed E-state index contributed by atoms with van der Waals surface area (Å²) in [7, 11) is 0. The Morgan fingerprint density at radius 2 is 2.40 bits per heavy atom. The Bertz CT molecular complexity index is 508. The highest BCUT2D eigenvalue weighted by Gasteiger charge is 2.08. The molecule has 2 heterocycles. The van der Waals surface area contributed by atoms with Gasteiger partial charge in [0.2, 0.25) is 11.0 Å². The summed E-state index contributed by atoms with van der Waals surface area (Å²) >= 11 is 1.45. The Morgan fingerprint density at radius 3 is 3.13 bits per heavy atom. The zero-order chi connectivity index (χ0) is 10.8. The van der Waals surface area contributed by atoms with E-state index in [2.05, 4.69) is 21.6 Å². The highest BCUT2D eigenvalue weighted by Crippen LogP contribution is 2.17. The average molecular weight is 222 g/mol. The Labute approximate surface area is 90.9 Å². The molecule has 0 saturated heterocycles. The van der Waals surface area contributed by atoms with E-state index in [9.17, 15) is 5.11 Å². The van der Waals surface area contributed by atoms with Crippen molar-refractivity contribution < 1.29 is 5.11 Å². The molecule has 0 aliphatic rings.